The van der Waals surface area contributed by atoms with Crippen LogP contribution in [0.1, 0.15) is 35.5 Å². The summed E-state index contributed by atoms with van der Waals surface area (Å²) < 4.78 is 37.8. The smallest absolute Gasteiger partial charge is 0.256 e. The summed E-state index contributed by atoms with van der Waals surface area (Å²) >= 11 is 0. The van der Waals surface area contributed by atoms with Crippen molar-refractivity contribution in [3.05, 3.63) is 77.2 Å². The van der Waals surface area contributed by atoms with E-state index in [2.05, 4.69) is 10.1 Å². The summed E-state index contributed by atoms with van der Waals surface area (Å²) in [5.74, 6) is -1.04. The minimum Gasteiger partial charge on any atom is -0.489 e. The van der Waals surface area contributed by atoms with Crippen LogP contribution in [0.25, 0.3) is 22.0 Å². The average molecular weight is 448 g/mol. The molecule has 8 heteroatoms. The molecule has 2 aromatic carbocycles. The summed E-state index contributed by atoms with van der Waals surface area (Å²) in [4.78, 5) is 18.2. The molecule has 2 aromatic heterocycles. The maximum Gasteiger partial charge on any atom is 0.256 e. The molecule has 0 bridgehead atoms. The van der Waals surface area contributed by atoms with E-state index in [1.54, 1.807) is 48.4 Å². The Morgan fingerprint density at radius 2 is 1.88 bits per heavy atom. The van der Waals surface area contributed by atoms with E-state index in [-0.39, 0.29) is 30.7 Å². The first-order chi connectivity index (χ1) is 15.8. The van der Waals surface area contributed by atoms with Crippen LogP contribution in [0.15, 0.2) is 48.8 Å². The second-order valence-electron chi connectivity index (χ2n) is 8.39. The molecule has 1 amide bonds. The predicted octanol–water partition coefficient (Wildman–Crippen LogP) is 4.86. The fourth-order valence-electron chi connectivity index (χ4n) is 4.27. The second kappa shape index (κ2) is 7.95. The Morgan fingerprint density at radius 3 is 2.58 bits per heavy atom. The predicted molar refractivity (Wildman–Crippen MR) is 120 cm³/mol. The second-order valence-corrected chi connectivity index (χ2v) is 8.39. The van der Waals surface area contributed by atoms with Gasteiger partial charge in [-0.15, -0.1) is 0 Å². The highest BCUT2D eigenvalue weighted by Gasteiger charge is 2.29. The molecule has 0 unspecified atom stereocenters. The number of hydrogen-bond donors (Lipinski definition) is 0. The third-order valence-electron chi connectivity index (χ3n) is 5.78. The van der Waals surface area contributed by atoms with E-state index in [9.17, 15) is 4.79 Å². The average Bonchev–Trinajstić information content (AvgIpc) is 3.31. The lowest BCUT2D eigenvalue weighted by molar-refractivity contribution is 0.0763. The Hall–Kier alpha value is -3.81. The Balaban J connectivity index is 1.50. The number of nitrogens with zero attached hydrogens (tertiary/aromatic N) is 4. The minimum absolute atomic E-state index is 0.0299. The van der Waals surface area contributed by atoms with Gasteiger partial charge in [0.25, 0.3) is 5.91 Å². The number of fused-ring (bicyclic) bond motifs is 2. The number of hydrogen-bond acceptors (Lipinski definition) is 4. The van der Waals surface area contributed by atoms with Crippen molar-refractivity contribution >= 4 is 16.8 Å². The van der Waals surface area contributed by atoms with Crippen molar-refractivity contribution in [1.29, 1.82) is 0 Å². The van der Waals surface area contributed by atoms with Crippen LogP contribution in [-0.2, 0) is 20.1 Å². The first-order valence-corrected chi connectivity index (χ1v) is 10.7. The quantitative estimate of drug-likeness (QED) is 0.438. The summed E-state index contributed by atoms with van der Waals surface area (Å²) in [5, 5.41) is 5.04. The van der Waals surface area contributed by atoms with Gasteiger partial charge in [0.2, 0.25) is 0 Å². The molecule has 1 aliphatic rings. The van der Waals surface area contributed by atoms with Crippen LogP contribution in [0.3, 0.4) is 0 Å². The molecule has 6 nitrogen and oxygen atoms in total. The first kappa shape index (κ1) is 21.1. The third kappa shape index (κ3) is 3.61. The van der Waals surface area contributed by atoms with Crippen LogP contribution < -0.4 is 4.74 Å². The van der Waals surface area contributed by atoms with E-state index in [0.717, 1.165) is 10.9 Å². The largest absolute Gasteiger partial charge is 0.489 e. The van der Waals surface area contributed by atoms with Crippen molar-refractivity contribution in [3.8, 4) is 16.9 Å². The molecule has 33 heavy (non-hydrogen) atoms. The van der Waals surface area contributed by atoms with Gasteiger partial charge in [-0.05, 0) is 61.4 Å². The number of rotatable bonds is 5. The van der Waals surface area contributed by atoms with Crippen molar-refractivity contribution in [2.75, 3.05) is 0 Å². The van der Waals surface area contributed by atoms with Gasteiger partial charge in [0.15, 0.2) is 0 Å². The molecule has 0 radical (unpaired) electrons. The van der Waals surface area contributed by atoms with Gasteiger partial charge in [-0.2, -0.15) is 5.10 Å². The molecule has 5 rings (SSSR count). The molecule has 0 N–H and O–H groups in total. The number of aryl methyl sites for hydroxylation is 1. The molecule has 0 aliphatic carbocycles. The van der Waals surface area contributed by atoms with Crippen LogP contribution in [0.4, 0.5) is 8.78 Å². The number of pyridine rings is 1. The molecule has 0 atom stereocenters. The fraction of sp³-hybridized carbons (Fsp3) is 0.240. The van der Waals surface area contributed by atoms with E-state index in [1.165, 1.54) is 17.0 Å². The Kier molecular flexibility index (Phi) is 5.08. The highest BCUT2D eigenvalue weighted by Crippen LogP contribution is 2.36. The highest BCUT2D eigenvalue weighted by atomic mass is 19.1. The number of aromatic nitrogens is 3. The van der Waals surface area contributed by atoms with Gasteiger partial charge in [-0.3, -0.25) is 14.5 Å². The summed E-state index contributed by atoms with van der Waals surface area (Å²) in [7, 11) is 1.80. The number of amides is 1. The zero-order valence-electron chi connectivity index (χ0n) is 18.5. The van der Waals surface area contributed by atoms with Gasteiger partial charge in [-0.1, -0.05) is 0 Å². The van der Waals surface area contributed by atoms with E-state index in [0.29, 0.717) is 28.1 Å². The molecular formula is C25H22F2N4O2. The van der Waals surface area contributed by atoms with E-state index < -0.39 is 11.6 Å². The van der Waals surface area contributed by atoms with Crippen LogP contribution in [0.2, 0.25) is 0 Å². The van der Waals surface area contributed by atoms with Gasteiger partial charge >= 0.3 is 0 Å². The topological polar surface area (TPSA) is 60.2 Å². The number of carbonyl (C=O) groups is 1. The molecule has 0 saturated carbocycles. The molecule has 1 aliphatic heterocycles. The van der Waals surface area contributed by atoms with Crippen LogP contribution >= 0.6 is 0 Å². The number of benzene rings is 2. The van der Waals surface area contributed by atoms with Gasteiger partial charge in [0.05, 0.1) is 36.6 Å². The lowest BCUT2D eigenvalue weighted by Gasteiger charge is -2.17. The molecule has 0 saturated heterocycles. The van der Waals surface area contributed by atoms with Gasteiger partial charge in [0, 0.05) is 24.2 Å². The number of ether oxygens (including phenoxy) is 1. The minimum atomic E-state index is -0.707. The number of halogens is 2. The molecule has 168 valence electrons. The lowest BCUT2D eigenvalue weighted by Crippen LogP contribution is -2.24. The molecular weight excluding hydrogens is 426 g/mol. The Labute approximate surface area is 189 Å². The molecule has 0 fully saturated rings. The fourth-order valence-corrected chi connectivity index (χ4v) is 4.27. The summed E-state index contributed by atoms with van der Waals surface area (Å²) in [6.07, 6.45) is 3.23. The molecule has 0 spiro atoms. The van der Waals surface area contributed by atoms with Crippen molar-refractivity contribution in [3.63, 3.8) is 0 Å². The zero-order valence-corrected chi connectivity index (χ0v) is 18.5. The van der Waals surface area contributed by atoms with Gasteiger partial charge in [-0.25, -0.2) is 8.78 Å². The SMILES string of the molecule is CC(C)Oc1ccc(-c2cc(F)c(CN3Cc4ncccc4C3=O)c(F)c2)c2cnn(C)c12. The van der Waals surface area contributed by atoms with Crippen molar-refractivity contribution in [2.24, 2.45) is 7.05 Å². The summed E-state index contributed by atoms with van der Waals surface area (Å²) in [5.41, 5.74) is 2.72. The molecule has 4 aromatic rings. The van der Waals surface area contributed by atoms with Crippen LogP contribution in [0, 0.1) is 11.6 Å². The van der Waals surface area contributed by atoms with Gasteiger partial charge < -0.3 is 9.64 Å². The van der Waals surface area contributed by atoms with Crippen molar-refractivity contribution in [2.45, 2.75) is 33.0 Å². The lowest BCUT2D eigenvalue weighted by atomic mass is 9.99. The maximum absolute atomic E-state index is 15.1. The van der Waals surface area contributed by atoms with E-state index in [4.69, 9.17) is 4.74 Å². The van der Waals surface area contributed by atoms with Crippen LogP contribution in [-0.4, -0.2) is 31.7 Å². The van der Waals surface area contributed by atoms with Crippen molar-refractivity contribution < 1.29 is 18.3 Å². The van der Waals surface area contributed by atoms with Crippen LogP contribution in [0.5, 0.6) is 5.75 Å². The molecule has 3 heterocycles. The van der Waals surface area contributed by atoms with E-state index in [1.807, 2.05) is 13.8 Å². The number of carbonyl (C=O) groups excluding carboxylic acids is 1. The third-order valence-corrected chi connectivity index (χ3v) is 5.78. The first-order valence-electron chi connectivity index (χ1n) is 10.7. The monoisotopic (exact) mass is 448 g/mol. The Morgan fingerprint density at radius 1 is 1.12 bits per heavy atom. The summed E-state index contributed by atoms with van der Waals surface area (Å²) in [6, 6.07) is 9.52. The summed E-state index contributed by atoms with van der Waals surface area (Å²) in [6.45, 7) is 3.92. The normalized spacial score (nSPS) is 13.3. The maximum atomic E-state index is 15.1. The van der Waals surface area contributed by atoms with E-state index >= 15 is 8.78 Å². The zero-order chi connectivity index (χ0) is 23.3. The highest BCUT2D eigenvalue weighted by molar-refractivity contribution is 5.98. The van der Waals surface area contributed by atoms with Gasteiger partial charge in [0.1, 0.15) is 22.9 Å². The standard InChI is InChI=1S/C25H22F2N4O2/c1-14(2)33-23-7-6-16(18-11-29-30(3)24(18)23)15-9-20(26)19(21(27)10-15)12-31-13-22-17(25(31)32)5-4-8-28-22/h4-11,14H,12-13H2,1-3H3. The van der Waals surface area contributed by atoms with Crippen molar-refractivity contribution in [1.82, 2.24) is 19.7 Å². The Bertz CT molecular complexity index is 1370.